The topological polar surface area (TPSA) is 69.5 Å². The lowest BCUT2D eigenvalue weighted by Crippen LogP contribution is -2.34. The van der Waals surface area contributed by atoms with E-state index >= 15 is 0 Å². The third kappa shape index (κ3) is 6.17. The molecule has 7 nitrogen and oxygen atoms in total. The molecule has 0 saturated heterocycles. The number of rotatable bonds is 4. The first-order chi connectivity index (χ1) is 15.7. The first kappa shape index (κ1) is 22.0. The molecule has 0 unspecified atom stereocenters. The van der Waals surface area contributed by atoms with Gasteiger partial charge < -0.3 is 14.4 Å². The summed E-state index contributed by atoms with van der Waals surface area (Å²) in [4.78, 5) is 18.8. The predicted octanol–water partition coefficient (Wildman–Crippen LogP) is 3.40. The number of aromatic nitrogens is 3. The summed E-state index contributed by atoms with van der Waals surface area (Å²) in [5, 5.41) is 4.10. The number of hydrogen-bond donors (Lipinski definition) is 0. The number of carbonyl (C=O) groups excluding carboxylic acids is 1. The first-order valence-corrected chi connectivity index (χ1v) is 11.2. The summed E-state index contributed by atoms with van der Waals surface area (Å²) in [6.45, 7) is 5.38. The van der Waals surface area contributed by atoms with Gasteiger partial charge in [0, 0.05) is 32.5 Å². The number of benzene rings is 2. The molecule has 1 aliphatic rings. The molecular weight excluding hydrogens is 404 g/mol. The number of hydrogen-bond acceptors (Lipinski definition) is 5. The third-order valence-electron chi connectivity index (χ3n) is 5.56. The molecule has 2 aromatic carbocycles. The zero-order chi connectivity index (χ0) is 22.2. The van der Waals surface area contributed by atoms with E-state index in [-0.39, 0.29) is 5.91 Å². The molecule has 2 bridgehead atoms. The van der Waals surface area contributed by atoms with Crippen LogP contribution in [0.5, 0.6) is 5.75 Å². The van der Waals surface area contributed by atoms with Crippen LogP contribution in [0.2, 0.25) is 0 Å². The van der Waals surface area contributed by atoms with E-state index in [1.807, 2.05) is 11.0 Å². The van der Waals surface area contributed by atoms with Crippen LogP contribution in [0.1, 0.15) is 35.1 Å². The summed E-state index contributed by atoms with van der Waals surface area (Å²) < 4.78 is 13.5. The number of amides is 1. The molecular formula is C25H30N4O3. The average Bonchev–Trinajstić information content (AvgIpc) is 3.30. The van der Waals surface area contributed by atoms with Crippen molar-refractivity contribution in [2.45, 2.75) is 39.3 Å². The normalized spacial score (nSPS) is 14.8. The fourth-order valence-corrected chi connectivity index (χ4v) is 3.94. The molecule has 2 heterocycles. The van der Waals surface area contributed by atoms with Gasteiger partial charge in [0.2, 0.25) is 5.91 Å². The molecule has 1 amide bonds. The lowest BCUT2D eigenvalue weighted by Gasteiger charge is -2.24. The Balaban J connectivity index is 1.48. The van der Waals surface area contributed by atoms with Crippen LogP contribution in [0, 0.1) is 6.92 Å². The van der Waals surface area contributed by atoms with Crippen LogP contribution in [0.4, 0.5) is 0 Å². The van der Waals surface area contributed by atoms with E-state index in [0.29, 0.717) is 45.9 Å². The summed E-state index contributed by atoms with van der Waals surface area (Å²) in [5.41, 5.74) is 4.72. The Labute approximate surface area is 189 Å². The van der Waals surface area contributed by atoms with Crippen molar-refractivity contribution in [1.82, 2.24) is 19.7 Å². The van der Waals surface area contributed by atoms with Gasteiger partial charge in [-0.3, -0.25) is 9.48 Å². The molecule has 0 saturated carbocycles. The maximum Gasteiger partial charge on any atom is 0.223 e. The van der Waals surface area contributed by atoms with E-state index in [0.717, 1.165) is 24.2 Å². The summed E-state index contributed by atoms with van der Waals surface area (Å²) in [6.07, 6.45) is 5.17. The first-order valence-electron chi connectivity index (χ1n) is 11.2. The van der Waals surface area contributed by atoms with Crippen molar-refractivity contribution in [1.29, 1.82) is 0 Å². The van der Waals surface area contributed by atoms with E-state index in [4.69, 9.17) is 9.47 Å². The monoisotopic (exact) mass is 434 g/mol. The Morgan fingerprint density at radius 2 is 2.00 bits per heavy atom. The minimum atomic E-state index is 0.128. The van der Waals surface area contributed by atoms with Crippen molar-refractivity contribution in [2.75, 3.05) is 26.4 Å². The predicted molar refractivity (Wildman–Crippen MR) is 121 cm³/mol. The number of fused-ring (bicyclic) bond motifs is 3. The molecule has 0 atom stereocenters. The van der Waals surface area contributed by atoms with Crippen LogP contribution >= 0.6 is 0 Å². The Hall–Kier alpha value is -3.19. The smallest absolute Gasteiger partial charge is 0.223 e. The number of carbonyl (C=O) groups is 1. The molecule has 7 heteroatoms. The second kappa shape index (κ2) is 10.9. The fourth-order valence-electron chi connectivity index (χ4n) is 3.94. The molecule has 0 spiro atoms. The highest BCUT2D eigenvalue weighted by atomic mass is 16.5. The molecule has 4 rings (SSSR count). The quantitative estimate of drug-likeness (QED) is 0.630. The van der Waals surface area contributed by atoms with Crippen LogP contribution < -0.4 is 4.74 Å². The van der Waals surface area contributed by atoms with E-state index in [1.54, 1.807) is 11.0 Å². The lowest BCUT2D eigenvalue weighted by molar-refractivity contribution is -0.132. The molecule has 0 radical (unpaired) electrons. The average molecular weight is 435 g/mol. The van der Waals surface area contributed by atoms with Crippen molar-refractivity contribution >= 4 is 5.91 Å². The van der Waals surface area contributed by atoms with Crippen molar-refractivity contribution < 1.29 is 14.3 Å². The highest BCUT2D eigenvalue weighted by Gasteiger charge is 2.15. The minimum absolute atomic E-state index is 0.128. The minimum Gasteiger partial charge on any atom is -0.491 e. The molecule has 168 valence electrons. The van der Waals surface area contributed by atoms with Crippen molar-refractivity contribution in [3.63, 3.8) is 0 Å². The van der Waals surface area contributed by atoms with Gasteiger partial charge in [0.25, 0.3) is 0 Å². The van der Waals surface area contributed by atoms with Crippen LogP contribution in [0.3, 0.4) is 0 Å². The van der Waals surface area contributed by atoms with Gasteiger partial charge in [0.05, 0.1) is 13.2 Å². The Bertz CT molecular complexity index is 1020. The van der Waals surface area contributed by atoms with Crippen molar-refractivity contribution in [3.8, 4) is 5.75 Å². The Morgan fingerprint density at radius 3 is 2.88 bits per heavy atom. The van der Waals surface area contributed by atoms with Gasteiger partial charge in [0.1, 0.15) is 25.0 Å². The molecule has 0 N–H and O–H groups in total. The second-order valence-corrected chi connectivity index (χ2v) is 8.15. The summed E-state index contributed by atoms with van der Waals surface area (Å²) >= 11 is 0. The van der Waals surface area contributed by atoms with Crippen molar-refractivity contribution in [3.05, 3.63) is 77.4 Å². The fraction of sp³-hybridized carbons (Fsp3) is 0.400. The lowest BCUT2D eigenvalue weighted by atomic mass is 10.00. The van der Waals surface area contributed by atoms with E-state index in [2.05, 4.69) is 53.4 Å². The van der Waals surface area contributed by atoms with Crippen LogP contribution in [-0.4, -0.2) is 51.9 Å². The highest BCUT2D eigenvalue weighted by Crippen LogP contribution is 2.24. The number of ether oxygens (including phenoxy) is 2. The molecule has 0 aliphatic carbocycles. The summed E-state index contributed by atoms with van der Waals surface area (Å²) in [7, 11) is 0. The molecule has 0 fully saturated rings. The van der Waals surface area contributed by atoms with Crippen LogP contribution in [-0.2, 0) is 29.0 Å². The highest BCUT2D eigenvalue weighted by molar-refractivity contribution is 5.76. The van der Waals surface area contributed by atoms with Gasteiger partial charge in [0.15, 0.2) is 0 Å². The van der Waals surface area contributed by atoms with Gasteiger partial charge >= 0.3 is 0 Å². The number of nitrogens with zero attached hydrogens (tertiary/aromatic N) is 4. The molecule has 1 aromatic heterocycles. The van der Waals surface area contributed by atoms with Crippen molar-refractivity contribution in [2.24, 2.45) is 0 Å². The second-order valence-electron chi connectivity index (χ2n) is 8.15. The van der Waals surface area contributed by atoms with Crippen LogP contribution in [0.25, 0.3) is 0 Å². The SMILES string of the molecule is Cc1ccc2c(c1)Cc1cccc(c1)CN(C(=O)CCCn1cncn1)CCOCCO2. The van der Waals surface area contributed by atoms with E-state index in [9.17, 15) is 4.79 Å². The largest absolute Gasteiger partial charge is 0.491 e. The van der Waals surface area contributed by atoms with E-state index in [1.165, 1.54) is 23.0 Å². The summed E-state index contributed by atoms with van der Waals surface area (Å²) in [5.74, 6) is 1.04. The van der Waals surface area contributed by atoms with Gasteiger partial charge in [-0.25, -0.2) is 4.98 Å². The maximum atomic E-state index is 13.0. The van der Waals surface area contributed by atoms with Gasteiger partial charge in [-0.05, 0) is 36.1 Å². The molecule has 3 aromatic rings. The van der Waals surface area contributed by atoms with E-state index < -0.39 is 0 Å². The summed E-state index contributed by atoms with van der Waals surface area (Å²) in [6, 6.07) is 14.8. The van der Waals surface area contributed by atoms with Gasteiger partial charge in [-0.2, -0.15) is 5.10 Å². The number of aryl methyl sites for hydroxylation is 2. The Morgan fingerprint density at radius 1 is 1.09 bits per heavy atom. The van der Waals surface area contributed by atoms with Crippen LogP contribution in [0.15, 0.2) is 55.1 Å². The third-order valence-corrected chi connectivity index (χ3v) is 5.56. The maximum absolute atomic E-state index is 13.0. The van der Waals surface area contributed by atoms with Gasteiger partial charge in [-0.1, -0.05) is 42.0 Å². The zero-order valence-corrected chi connectivity index (χ0v) is 18.6. The van der Waals surface area contributed by atoms with Gasteiger partial charge in [-0.15, -0.1) is 0 Å². The zero-order valence-electron chi connectivity index (χ0n) is 18.6. The molecule has 1 aliphatic heterocycles. The standard InChI is InChI=1S/C25H30N4O3/c1-20-7-8-24-23(14-20)16-21-4-2-5-22(15-21)17-28(10-11-31-12-13-32-24)25(30)6-3-9-29-19-26-18-27-29/h2,4-5,7-8,14-15,18-19H,3,6,9-13,16-17H2,1H3. The Kier molecular flexibility index (Phi) is 7.51. The molecule has 32 heavy (non-hydrogen) atoms.